The van der Waals surface area contributed by atoms with Crippen molar-refractivity contribution in [1.29, 1.82) is 0 Å². The zero-order chi connectivity index (χ0) is 14.4. The molecule has 2 aromatic rings. The number of nitrogens with one attached hydrogen (secondary N) is 1. The van der Waals surface area contributed by atoms with Gasteiger partial charge in [-0.05, 0) is 34.7 Å². The topological polar surface area (TPSA) is 55.6 Å². The molecule has 1 N–H and O–H groups in total. The lowest BCUT2D eigenvalue weighted by Crippen LogP contribution is -2.20. The third kappa shape index (κ3) is 4.16. The average molecular weight is 316 g/mol. The van der Waals surface area contributed by atoms with Gasteiger partial charge in [-0.2, -0.15) is 0 Å². The molecule has 0 radical (unpaired) electrons. The number of hydrogen-bond acceptors (Lipinski definition) is 5. The predicted molar refractivity (Wildman–Crippen MR) is 77.3 cm³/mol. The summed E-state index contributed by atoms with van der Waals surface area (Å²) in [5.41, 5.74) is 0.933. The Labute approximate surface area is 125 Å². The van der Waals surface area contributed by atoms with Crippen LogP contribution in [0.5, 0.6) is 0 Å². The van der Waals surface area contributed by atoms with Gasteiger partial charge in [-0.25, -0.2) is 9.07 Å². The highest BCUT2D eigenvalue weighted by atomic mass is 35.5. The Morgan fingerprint density at radius 3 is 3.05 bits per heavy atom. The van der Waals surface area contributed by atoms with Crippen LogP contribution in [0.3, 0.4) is 0 Å². The third-order valence-corrected chi connectivity index (χ3v) is 3.92. The predicted octanol–water partition coefficient (Wildman–Crippen LogP) is 2.37. The number of halogens is 2. The lowest BCUT2D eigenvalue weighted by atomic mass is 10.2. The first-order chi connectivity index (χ1) is 9.70. The minimum absolute atomic E-state index is 0.134. The number of hydrogen-bond donors (Lipinski definition) is 1. The second-order valence-corrected chi connectivity index (χ2v) is 5.42. The van der Waals surface area contributed by atoms with Crippen LogP contribution in [-0.2, 0) is 12.3 Å². The lowest BCUT2D eigenvalue weighted by Gasteiger charge is -2.05. The van der Waals surface area contributed by atoms with E-state index in [1.54, 1.807) is 16.8 Å². The molecule has 0 aliphatic heterocycles. The second kappa shape index (κ2) is 7.56. The lowest BCUT2D eigenvalue weighted by molar-refractivity contribution is 0.517. The van der Waals surface area contributed by atoms with Gasteiger partial charge in [0.1, 0.15) is 5.82 Å². The third-order valence-electron chi connectivity index (χ3n) is 2.60. The van der Waals surface area contributed by atoms with E-state index in [0.29, 0.717) is 12.3 Å². The van der Waals surface area contributed by atoms with Crippen LogP contribution < -0.4 is 5.32 Å². The largest absolute Gasteiger partial charge is 0.315 e. The van der Waals surface area contributed by atoms with Gasteiger partial charge >= 0.3 is 0 Å². The molecule has 1 aromatic heterocycles. The number of rotatable bonds is 7. The maximum Gasteiger partial charge on any atom is 0.209 e. The SMILES string of the molecule is CCNCCn1nnnc1SCc1ccc(F)c(Cl)c1. The first-order valence-corrected chi connectivity index (χ1v) is 7.60. The minimum Gasteiger partial charge on any atom is -0.315 e. The van der Waals surface area contributed by atoms with E-state index in [-0.39, 0.29) is 5.02 Å². The van der Waals surface area contributed by atoms with Crippen molar-refractivity contribution in [2.45, 2.75) is 24.4 Å². The molecule has 2 rings (SSSR count). The van der Waals surface area contributed by atoms with E-state index in [9.17, 15) is 4.39 Å². The van der Waals surface area contributed by atoms with Gasteiger partial charge in [-0.1, -0.05) is 36.4 Å². The number of likely N-dealkylation sites (N-methyl/N-ethyl adjacent to an activating group) is 1. The minimum atomic E-state index is -0.407. The summed E-state index contributed by atoms with van der Waals surface area (Å²) in [6, 6.07) is 4.70. The van der Waals surface area contributed by atoms with E-state index in [1.807, 2.05) is 6.92 Å². The zero-order valence-electron chi connectivity index (χ0n) is 11.0. The van der Waals surface area contributed by atoms with E-state index in [2.05, 4.69) is 20.8 Å². The van der Waals surface area contributed by atoms with Crippen LogP contribution in [-0.4, -0.2) is 33.3 Å². The molecule has 0 saturated heterocycles. The summed E-state index contributed by atoms with van der Waals surface area (Å²) in [5.74, 6) is 0.234. The van der Waals surface area contributed by atoms with Crippen LogP contribution in [0.15, 0.2) is 23.4 Å². The maximum atomic E-state index is 13.1. The fourth-order valence-corrected chi connectivity index (χ4v) is 2.63. The molecule has 0 saturated carbocycles. The summed E-state index contributed by atoms with van der Waals surface area (Å²) in [4.78, 5) is 0. The first kappa shape index (κ1) is 15.2. The molecule has 0 aliphatic rings. The Kier molecular flexibility index (Phi) is 5.75. The summed E-state index contributed by atoms with van der Waals surface area (Å²) in [6.45, 7) is 4.50. The quantitative estimate of drug-likeness (QED) is 0.628. The molecule has 0 fully saturated rings. The molecule has 5 nitrogen and oxygen atoms in total. The van der Waals surface area contributed by atoms with Crippen molar-refractivity contribution < 1.29 is 4.39 Å². The Morgan fingerprint density at radius 1 is 1.45 bits per heavy atom. The van der Waals surface area contributed by atoms with E-state index in [4.69, 9.17) is 11.6 Å². The van der Waals surface area contributed by atoms with Crippen molar-refractivity contribution in [2.75, 3.05) is 13.1 Å². The Bertz CT molecular complexity index is 563. The highest BCUT2D eigenvalue weighted by molar-refractivity contribution is 7.98. The van der Waals surface area contributed by atoms with Crippen LogP contribution in [0.25, 0.3) is 0 Å². The summed E-state index contributed by atoms with van der Waals surface area (Å²) in [5, 5.41) is 15.7. The number of benzene rings is 1. The standard InChI is InChI=1S/C12H15ClFN5S/c1-2-15-5-6-19-12(16-17-18-19)20-8-9-3-4-11(14)10(13)7-9/h3-4,7,15H,2,5-6,8H2,1H3. The van der Waals surface area contributed by atoms with Crippen LogP contribution in [0.4, 0.5) is 4.39 Å². The number of thioether (sulfide) groups is 1. The summed E-state index contributed by atoms with van der Waals surface area (Å²) in [7, 11) is 0. The molecule has 108 valence electrons. The van der Waals surface area contributed by atoms with Crippen molar-refractivity contribution in [3.8, 4) is 0 Å². The molecule has 0 atom stereocenters. The van der Waals surface area contributed by atoms with Gasteiger partial charge in [0.05, 0.1) is 11.6 Å². The summed E-state index contributed by atoms with van der Waals surface area (Å²) < 4.78 is 14.8. The molecular formula is C12H15ClFN5S. The van der Waals surface area contributed by atoms with E-state index in [1.165, 1.54) is 17.8 Å². The monoisotopic (exact) mass is 315 g/mol. The highest BCUT2D eigenvalue weighted by Crippen LogP contribution is 2.23. The fraction of sp³-hybridized carbons (Fsp3) is 0.417. The van der Waals surface area contributed by atoms with Crippen molar-refractivity contribution in [3.05, 3.63) is 34.6 Å². The summed E-state index contributed by atoms with van der Waals surface area (Å²) >= 11 is 7.25. The molecule has 8 heteroatoms. The van der Waals surface area contributed by atoms with Crippen LogP contribution >= 0.6 is 23.4 Å². The van der Waals surface area contributed by atoms with E-state index < -0.39 is 5.82 Å². The molecule has 0 aliphatic carbocycles. The van der Waals surface area contributed by atoms with Gasteiger partial charge in [0.25, 0.3) is 0 Å². The number of nitrogens with zero attached hydrogens (tertiary/aromatic N) is 4. The Morgan fingerprint density at radius 2 is 2.30 bits per heavy atom. The Hall–Kier alpha value is -1.18. The number of aromatic nitrogens is 4. The van der Waals surface area contributed by atoms with Gasteiger partial charge < -0.3 is 5.32 Å². The van der Waals surface area contributed by atoms with Gasteiger partial charge in [0, 0.05) is 12.3 Å². The van der Waals surface area contributed by atoms with Crippen LogP contribution in [0.1, 0.15) is 12.5 Å². The maximum absolute atomic E-state index is 13.1. The summed E-state index contributed by atoms with van der Waals surface area (Å²) in [6.07, 6.45) is 0. The first-order valence-electron chi connectivity index (χ1n) is 6.24. The molecule has 0 amide bonds. The fourth-order valence-electron chi connectivity index (χ4n) is 1.58. The average Bonchev–Trinajstić information content (AvgIpc) is 2.88. The molecular weight excluding hydrogens is 301 g/mol. The van der Waals surface area contributed by atoms with Crippen molar-refractivity contribution in [3.63, 3.8) is 0 Å². The van der Waals surface area contributed by atoms with Crippen molar-refractivity contribution in [2.24, 2.45) is 0 Å². The van der Waals surface area contributed by atoms with Gasteiger partial charge in [-0.15, -0.1) is 5.10 Å². The van der Waals surface area contributed by atoms with Gasteiger partial charge in [-0.3, -0.25) is 0 Å². The molecule has 1 aromatic carbocycles. The second-order valence-electron chi connectivity index (χ2n) is 4.08. The molecule has 0 unspecified atom stereocenters. The van der Waals surface area contributed by atoms with Crippen LogP contribution in [0.2, 0.25) is 5.02 Å². The van der Waals surface area contributed by atoms with Gasteiger partial charge in [0.15, 0.2) is 0 Å². The van der Waals surface area contributed by atoms with Crippen molar-refractivity contribution in [1.82, 2.24) is 25.5 Å². The van der Waals surface area contributed by atoms with Gasteiger partial charge in [0.2, 0.25) is 5.16 Å². The van der Waals surface area contributed by atoms with Crippen LogP contribution in [0, 0.1) is 5.82 Å². The number of tetrazole rings is 1. The zero-order valence-corrected chi connectivity index (χ0v) is 12.6. The van der Waals surface area contributed by atoms with E-state index >= 15 is 0 Å². The van der Waals surface area contributed by atoms with E-state index in [0.717, 1.165) is 23.8 Å². The normalized spacial score (nSPS) is 10.9. The van der Waals surface area contributed by atoms with Crippen molar-refractivity contribution >= 4 is 23.4 Å². The Balaban J connectivity index is 1.93. The molecule has 0 spiro atoms. The highest BCUT2D eigenvalue weighted by Gasteiger charge is 2.08. The molecule has 1 heterocycles. The molecule has 20 heavy (non-hydrogen) atoms. The molecule has 0 bridgehead atoms. The smallest absolute Gasteiger partial charge is 0.209 e.